The molecule has 0 aliphatic carbocycles. The van der Waals surface area contributed by atoms with Crippen LogP contribution in [-0.4, -0.2) is 33.8 Å². The van der Waals surface area contributed by atoms with E-state index in [2.05, 4.69) is 20.3 Å². The van der Waals surface area contributed by atoms with Gasteiger partial charge in [0.15, 0.2) is 10.9 Å². The highest BCUT2D eigenvalue weighted by Crippen LogP contribution is 2.33. The zero-order valence-corrected chi connectivity index (χ0v) is 16.0. The molecular formula is C20H14N4O4S. The molecule has 29 heavy (non-hydrogen) atoms. The van der Waals surface area contributed by atoms with Crippen molar-refractivity contribution in [3.05, 3.63) is 77.3 Å². The molecule has 0 aliphatic rings. The number of aromatic nitrogens is 3. The van der Waals surface area contributed by atoms with E-state index in [9.17, 15) is 9.59 Å². The molecule has 144 valence electrons. The molecule has 0 bridgehead atoms. The van der Waals surface area contributed by atoms with Gasteiger partial charge >= 0.3 is 0 Å². The summed E-state index contributed by atoms with van der Waals surface area (Å²) >= 11 is 1.05. The molecule has 0 aliphatic heterocycles. The summed E-state index contributed by atoms with van der Waals surface area (Å²) in [7, 11) is 1.48. The lowest BCUT2D eigenvalue weighted by Gasteiger charge is -2.02. The third-order valence-corrected chi connectivity index (χ3v) is 4.89. The number of carbonyl (C=O) groups is 2. The maximum Gasteiger partial charge on any atom is 0.257 e. The van der Waals surface area contributed by atoms with Crippen molar-refractivity contribution >= 4 is 28.2 Å². The van der Waals surface area contributed by atoms with Crippen molar-refractivity contribution in [2.75, 3.05) is 12.4 Å². The Morgan fingerprint density at radius 3 is 2.62 bits per heavy atom. The number of hydrogen-bond acceptors (Lipinski definition) is 8. The number of thiazole rings is 1. The van der Waals surface area contributed by atoms with E-state index in [4.69, 9.17) is 9.15 Å². The Morgan fingerprint density at radius 1 is 1.07 bits per heavy atom. The Labute approximate surface area is 169 Å². The van der Waals surface area contributed by atoms with Gasteiger partial charge in [0, 0.05) is 24.0 Å². The summed E-state index contributed by atoms with van der Waals surface area (Å²) in [5.41, 5.74) is 0.963. The maximum atomic E-state index is 13.1. The van der Waals surface area contributed by atoms with E-state index >= 15 is 0 Å². The molecule has 4 rings (SSSR count). The number of ketones is 1. The number of methoxy groups -OCH3 is 1. The summed E-state index contributed by atoms with van der Waals surface area (Å²) in [5, 5.41) is 2.98. The summed E-state index contributed by atoms with van der Waals surface area (Å²) in [6, 6.07) is 11.5. The van der Waals surface area contributed by atoms with Crippen LogP contribution in [0.3, 0.4) is 0 Å². The minimum atomic E-state index is -0.356. The van der Waals surface area contributed by atoms with E-state index in [1.165, 1.54) is 25.8 Å². The molecule has 0 saturated carbocycles. The number of rotatable bonds is 6. The standard InChI is InChI=1S/C20H14N4O4S/c1-27-15-6-2-4-13(22-15)17(25)18-16(14-5-3-11-28-14)23-20(29-18)24-19(26)12-7-9-21-10-8-12/h2-11H,1H3,(H,23,24,26). The molecule has 0 saturated heterocycles. The van der Waals surface area contributed by atoms with Gasteiger partial charge in [-0.2, -0.15) is 0 Å². The zero-order chi connectivity index (χ0) is 20.2. The van der Waals surface area contributed by atoms with E-state index in [1.54, 1.807) is 42.5 Å². The van der Waals surface area contributed by atoms with Gasteiger partial charge in [-0.3, -0.25) is 19.9 Å². The van der Waals surface area contributed by atoms with Crippen LogP contribution in [-0.2, 0) is 0 Å². The van der Waals surface area contributed by atoms with Gasteiger partial charge in [-0.25, -0.2) is 9.97 Å². The summed E-state index contributed by atoms with van der Waals surface area (Å²) in [5.74, 6) is 0.0332. The minimum Gasteiger partial charge on any atom is -0.481 e. The van der Waals surface area contributed by atoms with E-state index in [1.807, 2.05) is 0 Å². The van der Waals surface area contributed by atoms with E-state index < -0.39 is 0 Å². The normalized spacial score (nSPS) is 10.5. The van der Waals surface area contributed by atoms with Gasteiger partial charge in [-0.15, -0.1) is 0 Å². The fraction of sp³-hybridized carbons (Fsp3) is 0.0500. The van der Waals surface area contributed by atoms with Gasteiger partial charge in [0.05, 0.1) is 13.4 Å². The first-order valence-corrected chi connectivity index (χ1v) is 9.29. The molecular weight excluding hydrogens is 392 g/mol. The SMILES string of the molecule is COc1cccc(C(=O)c2sc(NC(=O)c3ccncc3)nc2-c2ccco2)n1. The van der Waals surface area contributed by atoms with E-state index in [-0.39, 0.29) is 22.5 Å². The van der Waals surface area contributed by atoms with E-state index in [0.29, 0.717) is 27.8 Å². The highest BCUT2D eigenvalue weighted by atomic mass is 32.1. The smallest absolute Gasteiger partial charge is 0.257 e. The second-order valence-electron chi connectivity index (χ2n) is 5.76. The molecule has 8 nitrogen and oxygen atoms in total. The van der Waals surface area contributed by atoms with Crippen LogP contribution in [0.5, 0.6) is 5.88 Å². The number of carbonyl (C=O) groups excluding carboxylic acids is 2. The van der Waals surface area contributed by atoms with Gasteiger partial charge in [0.2, 0.25) is 11.7 Å². The van der Waals surface area contributed by atoms with Gasteiger partial charge in [0.1, 0.15) is 16.3 Å². The Morgan fingerprint density at radius 2 is 1.90 bits per heavy atom. The van der Waals surface area contributed by atoms with Crippen molar-refractivity contribution in [2.24, 2.45) is 0 Å². The lowest BCUT2D eigenvalue weighted by Crippen LogP contribution is -2.11. The molecule has 0 spiro atoms. The van der Waals surface area contributed by atoms with Gasteiger partial charge < -0.3 is 9.15 Å². The van der Waals surface area contributed by atoms with Crippen LogP contribution in [0.1, 0.15) is 25.7 Å². The Bertz CT molecular complexity index is 1160. The number of hydrogen-bond donors (Lipinski definition) is 1. The number of anilines is 1. The van der Waals surface area contributed by atoms with Gasteiger partial charge in [-0.05, 0) is 30.3 Å². The maximum absolute atomic E-state index is 13.1. The van der Waals surface area contributed by atoms with Crippen molar-refractivity contribution < 1.29 is 18.7 Å². The summed E-state index contributed by atoms with van der Waals surface area (Å²) in [6.07, 6.45) is 4.53. The van der Waals surface area contributed by atoms with Crippen molar-refractivity contribution in [2.45, 2.75) is 0 Å². The number of nitrogens with one attached hydrogen (secondary N) is 1. The molecule has 0 aromatic carbocycles. The van der Waals surface area contributed by atoms with Crippen LogP contribution < -0.4 is 10.1 Å². The van der Waals surface area contributed by atoms with Gasteiger partial charge in [0.25, 0.3) is 5.91 Å². The first kappa shape index (κ1) is 18.5. The zero-order valence-electron chi connectivity index (χ0n) is 15.2. The molecule has 4 aromatic rings. The average molecular weight is 406 g/mol. The largest absolute Gasteiger partial charge is 0.481 e. The number of ether oxygens (including phenoxy) is 1. The molecule has 0 fully saturated rings. The number of pyridine rings is 2. The summed E-state index contributed by atoms with van der Waals surface area (Å²) < 4.78 is 10.5. The molecule has 0 radical (unpaired) electrons. The molecule has 1 N–H and O–H groups in total. The minimum absolute atomic E-state index is 0.202. The quantitative estimate of drug-likeness (QED) is 0.487. The van der Waals surface area contributed by atoms with Crippen LogP contribution in [0, 0.1) is 0 Å². The predicted molar refractivity (Wildman–Crippen MR) is 106 cm³/mol. The summed E-state index contributed by atoms with van der Waals surface area (Å²) in [6.45, 7) is 0. The second kappa shape index (κ2) is 8.03. The Balaban J connectivity index is 1.71. The van der Waals surface area contributed by atoms with Crippen molar-refractivity contribution in [3.63, 3.8) is 0 Å². The van der Waals surface area contributed by atoms with Crippen LogP contribution in [0.4, 0.5) is 5.13 Å². The topological polar surface area (TPSA) is 107 Å². The first-order chi connectivity index (χ1) is 14.2. The monoisotopic (exact) mass is 406 g/mol. The van der Waals surface area contributed by atoms with Crippen molar-refractivity contribution in [3.8, 4) is 17.3 Å². The number of furan rings is 1. The van der Waals surface area contributed by atoms with E-state index in [0.717, 1.165) is 11.3 Å². The second-order valence-corrected chi connectivity index (χ2v) is 6.76. The van der Waals surface area contributed by atoms with Crippen LogP contribution in [0.2, 0.25) is 0 Å². The highest BCUT2D eigenvalue weighted by Gasteiger charge is 2.24. The van der Waals surface area contributed by atoms with Gasteiger partial charge in [-0.1, -0.05) is 17.4 Å². The highest BCUT2D eigenvalue weighted by molar-refractivity contribution is 7.18. The van der Waals surface area contributed by atoms with Crippen molar-refractivity contribution in [1.29, 1.82) is 0 Å². The first-order valence-electron chi connectivity index (χ1n) is 8.47. The van der Waals surface area contributed by atoms with Crippen LogP contribution in [0.25, 0.3) is 11.5 Å². The summed E-state index contributed by atoms with van der Waals surface area (Å²) in [4.78, 5) is 38.3. The molecule has 1 amide bonds. The van der Waals surface area contributed by atoms with Crippen LogP contribution >= 0.6 is 11.3 Å². The lowest BCUT2D eigenvalue weighted by atomic mass is 10.1. The fourth-order valence-corrected chi connectivity index (χ4v) is 3.47. The molecule has 0 unspecified atom stereocenters. The lowest BCUT2D eigenvalue weighted by molar-refractivity contribution is 0.102. The predicted octanol–water partition coefficient (Wildman–Crippen LogP) is 3.69. The average Bonchev–Trinajstić information content (AvgIpc) is 3.44. The third-order valence-electron chi connectivity index (χ3n) is 3.92. The molecule has 9 heteroatoms. The Hall–Kier alpha value is -3.85. The molecule has 4 heterocycles. The molecule has 0 atom stereocenters. The Kier molecular flexibility index (Phi) is 5.12. The molecule has 4 aromatic heterocycles. The van der Waals surface area contributed by atoms with Crippen molar-refractivity contribution in [1.82, 2.24) is 15.0 Å². The fourth-order valence-electron chi connectivity index (χ4n) is 2.55. The number of nitrogens with zero attached hydrogens (tertiary/aromatic N) is 3. The number of amides is 1. The third kappa shape index (κ3) is 3.90. The van der Waals surface area contributed by atoms with Crippen LogP contribution in [0.15, 0.2) is 65.5 Å².